The van der Waals surface area contributed by atoms with E-state index in [1.165, 1.54) is 11.2 Å². The van der Waals surface area contributed by atoms with E-state index in [0.717, 1.165) is 25.7 Å². The van der Waals surface area contributed by atoms with Crippen molar-refractivity contribution in [2.24, 2.45) is 0 Å². The molecule has 0 bridgehead atoms. The number of anilines is 1. The molecule has 1 aliphatic carbocycles. The fourth-order valence-corrected chi connectivity index (χ4v) is 4.62. The lowest BCUT2D eigenvalue weighted by molar-refractivity contribution is -0.123. The van der Waals surface area contributed by atoms with Gasteiger partial charge in [0.2, 0.25) is 12.7 Å². The average molecular weight is 477 g/mol. The second-order valence-corrected chi connectivity index (χ2v) is 8.58. The molecule has 1 aromatic heterocycles. The lowest BCUT2D eigenvalue weighted by atomic mass is 10.0. The van der Waals surface area contributed by atoms with E-state index >= 15 is 0 Å². The average Bonchev–Trinajstić information content (AvgIpc) is 3.65. The highest BCUT2D eigenvalue weighted by Gasteiger charge is 2.36. The van der Waals surface area contributed by atoms with Crippen LogP contribution in [0.2, 0.25) is 0 Å². The lowest BCUT2D eigenvalue weighted by Gasteiger charge is -2.32. The smallest absolute Gasteiger partial charge is 0.294 e. The third kappa shape index (κ3) is 4.82. The van der Waals surface area contributed by atoms with Crippen LogP contribution in [0, 0.1) is 0 Å². The summed E-state index contributed by atoms with van der Waals surface area (Å²) in [4.78, 5) is 29.1. The van der Waals surface area contributed by atoms with Gasteiger partial charge in [0, 0.05) is 17.8 Å². The van der Waals surface area contributed by atoms with Crippen molar-refractivity contribution in [2.45, 2.75) is 44.7 Å². The summed E-state index contributed by atoms with van der Waals surface area (Å²) in [7, 11) is 0. The molecular weight excluding hydrogens is 448 g/mol. The number of carbonyl (C=O) groups excluding carboxylic acids is 2. The fraction of sp³-hybridized carbons (Fsp3) is 0.333. The minimum Gasteiger partial charge on any atom is -0.494 e. The Balaban J connectivity index is 1.59. The highest BCUT2D eigenvalue weighted by molar-refractivity contribution is 6.08. The van der Waals surface area contributed by atoms with E-state index in [1.807, 2.05) is 31.2 Å². The van der Waals surface area contributed by atoms with E-state index in [4.69, 9.17) is 18.6 Å². The Bertz CT molecular complexity index is 1170. The molecule has 0 radical (unpaired) electrons. The first-order valence-corrected chi connectivity index (χ1v) is 11.9. The molecule has 0 unspecified atom stereocenters. The van der Waals surface area contributed by atoms with Crippen LogP contribution >= 0.6 is 0 Å². The predicted molar refractivity (Wildman–Crippen MR) is 129 cm³/mol. The van der Waals surface area contributed by atoms with Crippen LogP contribution in [0.15, 0.2) is 65.3 Å². The Morgan fingerprint density at radius 3 is 2.54 bits per heavy atom. The van der Waals surface area contributed by atoms with Crippen molar-refractivity contribution in [2.75, 3.05) is 18.3 Å². The number of rotatable bonds is 8. The molecular formula is C27H28N2O6. The molecule has 1 fully saturated rings. The van der Waals surface area contributed by atoms with Gasteiger partial charge in [-0.25, -0.2) is 0 Å². The van der Waals surface area contributed by atoms with Crippen LogP contribution in [0.5, 0.6) is 17.2 Å². The number of hydrogen-bond acceptors (Lipinski definition) is 6. The zero-order chi connectivity index (χ0) is 24.2. The molecule has 2 aliphatic rings. The van der Waals surface area contributed by atoms with Gasteiger partial charge in [0.05, 0.1) is 12.9 Å². The molecule has 0 saturated heterocycles. The highest BCUT2D eigenvalue weighted by atomic mass is 16.7. The number of carbonyl (C=O) groups is 2. The number of benzene rings is 2. The van der Waals surface area contributed by atoms with Gasteiger partial charge in [0.25, 0.3) is 5.91 Å². The van der Waals surface area contributed by atoms with Crippen LogP contribution in [-0.2, 0) is 4.79 Å². The number of furan rings is 1. The first-order valence-electron chi connectivity index (χ1n) is 11.9. The van der Waals surface area contributed by atoms with E-state index in [0.29, 0.717) is 35.1 Å². The summed E-state index contributed by atoms with van der Waals surface area (Å²) in [5.41, 5.74) is 1.15. The molecule has 1 aliphatic heterocycles. The molecule has 1 N–H and O–H groups in total. The van der Waals surface area contributed by atoms with Crippen molar-refractivity contribution in [1.29, 1.82) is 0 Å². The zero-order valence-corrected chi connectivity index (χ0v) is 19.6. The second-order valence-electron chi connectivity index (χ2n) is 8.58. The van der Waals surface area contributed by atoms with Gasteiger partial charge in [-0.2, -0.15) is 0 Å². The second kappa shape index (κ2) is 10.1. The highest BCUT2D eigenvalue weighted by Crippen LogP contribution is 2.39. The quantitative estimate of drug-likeness (QED) is 0.500. The molecule has 8 nitrogen and oxygen atoms in total. The maximum atomic E-state index is 13.8. The largest absolute Gasteiger partial charge is 0.494 e. The minimum absolute atomic E-state index is 0.0880. The molecule has 35 heavy (non-hydrogen) atoms. The predicted octanol–water partition coefficient (Wildman–Crippen LogP) is 4.85. The monoisotopic (exact) mass is 476 g/mol. The summed E-state index contributed by atoms with van der Waals surface area (Å²) in [5, 5.41) is 3.17. The number of nitrogens with zero attached hydrogens (tertiary/aromatic N) is 1. The Morgan fingerprint density at radius 1 is 1.06 bits per heavy atom. The van der Waals surface area contributed by atoms with Crippen molar-refractivity contribution in [3.05, 3.63) is 72.2 Å². The summed E-state index contributed by atoms with van der Waals surface area (Å²) in [5.74, 6) is 1.24. The Morgan fingerprint density at radius 2 is 1.83 bits per heavy atom. The molecule has 182 valence electrons. The third-order valence-corrected chi connectivity index (χ3v) is 6.30. The molecule has 8 heteroatoms. The minimum atomic E-state index is -0.941. The van der Waals surface area contributed by atoms with E-state index in [9.17, 15) is 9.59 Å². The summed E-state index contributed by atoms with van der Waals surface area (Å²) >= 11 is 0. The number of nitrogens with one attached hydrogen (secondary N) is 1. The molecule has 2 heterocycles. The zero-order valence-electron chi connectivity index (χ0n) is 19.6. The van der Waals surface area contributed by atoms with Crippen molar-refractivity contribution in [3.63, 3.8) is 0 Å². The van der Waals surface area contributed by atoms with Crippen LogP contribution in [-0.4, -0.2) is 31.3 Å². The van der Waals surface area contributed by atoms with E-state index in [1.54, 1.807) is 30.3 Å². The Kier molecular flexibility index (Phi) is 6.61. The molecule has 5 rings (SSSR count). The number of amides is 2. The van der Waals surface area contributed by atoms with Crippen LogP contribution < -0.4 is 24.4 Å². The standard InChI is InChI=1S/C27H28N2O6/c1-2-32-21-12-9-18(10-13-21)25(26(30)28-19-6-3-4-7-19)29(27(31)23-8-5-15-33-23)20-11-14-22-24(16-20)35-17-34-22/h5,8-16,19,25H,2-4,6-7,17H2,1H3,(H,28,30)/t25-/m1/s1. The van der Waals surface area contributed by atoms with Crippen molar-refractivity contribution in [3.8, 4) is 17.2 Å². The summed E-state index contributed by atoms with van der Waals surface area (Å²) in [6.45, 7) is 2.55. The molecule has 1 saturated carbocycles. The molecule has 0 spiro atoms. The fourth-order valence-electron chi connectivity index (χ4n) is 4.62. The maximum Gasteiger partial charge on any atom is 0.294 e. The van der Waals surface area contributed by atoms with Gasteiger partial charge in [-0.1, -0.05) is 25.0 Å². The first-order chi connectivity index (χ1) is 17.1. The van der Waals surface area contributed by atoms with Gasteiger partial charge in [0.1, 0.15) is 11.8 Å². The number of ether oxygens (including phenoxy) is 3. The van der Waals surface area contributed by atoms with Crippen LogP contribution in [0.3, 0.4) is 0 Å². The third-order valence-electron chi connectivity index (χ3n) is 6.30. The Hall–Kier alpha value is -3.94. The van der Waals surface area contributed by atoms with E-state index < -0.39 is 11.9 Å². The topological polar surface area (TPSA) is 90.2 Å². The molecule has 2 amide bonds. The van der Waals surface area contributed by atoms with Gasteiger partial charge >= 0.3 is 0 Å². The van der Waals surface area contributed by atoms with E-state index in [-0.39, 0.29) is 24.5 Å². The SMILES string of the molecule is CCOc1ccc([C@H](C(=O)NC2CCCC2)N(C(=O)c2ccco2)c2ccc3c(c2)OCO3)cc1. The molecule has 3 aromatic rings. The van der Waals surface area contributed by atoms with Gasteiger partial charge < -0.3 is 23.9 Å². The van der Waals surface area contributed by atoms with Crippen molar-refractivity contribution < 1.29 is 28.2 Å². The van der Waals surface area contributed by atoms with Crippen LogP contribution in [0.1, 0.15) is 54.8 Å². The normalized spacial score (nSPS) is 15.6. The van der Waals surface area contributed by atoms with Crippen LogP contribution in [0.25, 0.3) is 0 Å². The Labute approximate surface area is 203 Å². The van der Waals surface area contributed by atoms with E-state index in [2.05, 4.69) is 5.32 Å². The molecule has 2 aromatic carbocycles. The first kappa shape index (κ1) is 22.8. The van der Waals surface area contributed by atoms with Gasteiger partial charge in [0.15, 0.2) is 17.3 Å². The lowest BCUT2D eigenvalue weighted by Crippen LogP contribution is -2.46. The summed E-state index contributed by atoms with van der Waals surface area (Å²) < 4.78 is 22.0. The van der Waals surface area contributed by atoms with Gasteiger partial charge in [-0.05, 0) is 61.7 Å². The summed E-state index contributed by atoms with van der Waals surface area (Å²) in [6.07, 6.45) is 5.46. The van der Waals surface area contributed by atoms with Gasteiger partial charge in [-0.15, -0.1) is 0 Å². The maximum absolute atomic E-state index is 13.8. The molecule has 1 atom stereocenters. The number of fused-ring (bicyclic) bond motifs is 1. The van der Waals surface area contributed by atoms with Gasteiger partial charge in [-0.3, -0.25) is 14.5 Å². The van der Waals surface area contributed by atoms with Crippen molar-refractivity contribution in [1.82, 2.24) is 5.32 Å². The summed E-state index contributed by atoms with van der Waals surface area (Å²) in [6, 6.07) is 14.8. The number of hydrogen-bond donors (Lipinski definition) is 1. The van der Waals surface area contributed by atoms with Crippen LogP contribution in [0.4, 0.5) is 5.69 Å². The van der Waals surface area contributed by atoms with Crippen molar-refractivity contribution >= 4 is 17.5 Å².